The van der Waals surface area contributed by atoms with E-state index in [1.165, 1.54) is 0 Å². The van der Waals surface area contributed by atoms with Gasteiger partial charge in [-0.3, -0.25) is 0 Å². The molecule has 3 heteroatoms. The van der Waals surface area contributed by atoms with Gasteiger partial charge in [-0.25, -0.2) is 5.11 Å². The predicted octanol–water partition coefficient (Wildman–Crippen LogP) is 0.166. The molecule has 10 heavy (non-hydrogen) atoms. The van der Waals surface area contributed by atoms with Crippen LogP contribution in [0.5, 0.6) is 0 Å². The molecule has 0 fully saturated rings. The molecule has 0 spiro atoms. The van der Waals surface area contributed by atoms with Crippen molar-refractivity contribution in [2.24, 2.45) is 0 Å². The van der Waals surface area contributed by atoms with Crippen molar-refractivity contribution >= 4 is 0 Å². The zero-order valence-corrected chi connectivity index (χ0v) is 6.85. The van der Waals surface area contributed by atoms with Gasteiger partial charge in [-0.15, -0.1) is 0 Å². The molecule has 0 rings (SSSR count). The van der Waals surface area contributed by atoms with Crippen molar-refractivity contribution in [3.8, 4) is 0 Å². The highest BCUT2D eigenvalue weighted by Gasteiger charge is 2.10. The van der Waals surface area contributed by atoms with Crippen molar-refractivity contribution in [1.29, 1.82) is 0 Å². The second-order valence-corrected chi connectivity index (χ2v) is 3.45. The first-order valence-electron chi connectivity index (χ1n) is 3.47. The Kier molecular flexibility index (Phi) is 3.86. The zero-order chi connectivity index (χ0) is 8.20. The average molecular weight is 146 g/mol. The number of hydrogen-bond acceptors (Lipinski definition) is 2. The van der Waals surface area contributed by atoms with Crippen LogP contribution in [0.3, 0.4) is 0 Å². The highest BCUT2D eigenvalue weighted by Crippen LogP contribution is 1.97. The lowest BCUT2D eigenvalue weighted by molar-refractivity contribution is 0.0516. The van der Waals surface area contributed by atoms with Crippen LogP contribution in [0.2, 0.25) is 0 Å². The predicted molar refractivity (Wildman–Crippen MR) is 39.3 cm³/mol. The van der Waals surface area contributed by atoms with Crippen LogP contribution in [-0.4, -0.2) is 29.9 Å². The van der Waals surface area contributed by atoms with Gasteiger partial charge in [0.1, 0.15) is 6.61 Å². The summed E-state index contributed by atoms with van der Waals surface area (Å²) in [5.41, 5.74) is -0.0177. The largest absolute Gasteiger partial charge is 0.389 e. The minimum atomic E-state index is -0.751. The smallest absolute Gasteiger partial charge is 0.109 e. The second kappa shape index (κ2) is 3.91. The van der Waals surface area contributed by atoms with Gasteiger partial charge < -0.3 is 10.4 Å². The summed E-state index contributed by atoms with van der Waals surface area (Å²) >= 11 is 0. The molecule has 0 aliphatic heterocycles. The molecule has 3 nitrogen and oxygen atoms in total. The molecule has 0 aliphatic carbocycles. The Morgan fingerprint density at radius 2 is 2.00 bits per heavy atom. The number of hydrogen-bond donors (Lipinski definition) is 2. The quantitative estimate of drug-likeness (QED) is 0.596. The molecule has 2 N–H and O–H groups in total. The van der Waals surface area contributed by atoms with Crippen LogP contribution in [0, 0.1) is 0 Å². The summed E-state index contributed by atoms with van der Waals surface area (Å²) in [6.45, 7) is 5.93. The molecule has 0 saturated carbocycles. The van der Waals surface area contributed by atoms with Crippen molar-refractivity contribution in [3.63, 3.8) is 0 Å². The maximum absolute atomic E-state index is 10.1. The lowest BCUT2D eigenvalue weighted by Gasteiger charge is -2.21. The van der Waals surface area contributed by atoms with E-state index in [0.717, 1.165) is 0 Å². The van der Waals surface area contributed by atoms with Crippen LogP contribution in [0.4, 0.5) is 0 Å². The first kappa shape index (κ1) is 9.88. The fourth-order valence-electron chi connectivity index (χ4n) is 0.483. The summed E-state index contributed by atoms with van der Waals surface area (Å²) in [5.74, 6) is 0. The third-order valence-electron chi connectivity index (χ3n) is 1.06. The van der Waals surface area contributed by atoms with Crippen molar-refractivity contribution in [1.82, 2.24) is 5.32 Å². The fraction of sp³-hybridized carbons (Fsp3) is 1.00. The average Bonchev–Trinajstić information content (AvgIpc) is 1.81. The number of aliphatic hydroxyl groups excluding tert-OH is 1. The van der Waals surface area contributed by atoms with Gasteiger partial charge in [-0.1, -0.05) is 0 Å². The monoisotopic (exact) mass is 146 g/mol. The van der Waals surface area contributed by atoms with Gasteiger partial charge in [-0.2, -0.15) is 0 Å². The molecular weight excluding hydrogens is 130 g/mol. The number of aliphatic hydroxyl groups is 1. The first-order valence-corrected chi connectivity index (χ1v) is 3.47. The third-order valence-corrected chi connectivity index (χ3v) is 1.06. The van der Waals surface area contributed by atoms with Crippen LogP contribution >= 0.6 is 0 Å². The van der Waals surface area contributed by atoms with Crippen molar-refractivity contribution < 1.29 is 10.2 Å². The van der Waals surface area contributed by atoms with E-state index in [4.69, 9.17) is 5.11 Å². The van der Waals surface area contributed by atoms with E-state index in [2.05, 4.69) is 5.32 Å². The minimum absolute atomic E-state index is 0.0177. The summed E-state index contributed by atoms with van der Waals surface area (Å²) in [6.07, 6.45) is -0.751. The summed E-state index contributed by atoms with van der Waals surface area (Å²) in [6, 6.07) is 0. The van der Waals surface area contributed by atoms with Gasteiger partial charge in [0.25, 0.3) is 0 Å². The molecule has 0 saturated heterocycles. The summed E-state index contributed by atoms with van der Waals surface area (Å²) in [7, 11) is 0. The van der Waals surface area contributed by atoms with Gasteiger partial charge in [0.2, 0.25) is 0 Å². The van der Waals surface area contributed by atoms with Crippen LogP contribution in [0.15, 0.2) is 0 Å². The normalized spacial score (nSPS) is 15.3. The van der Waals surface area contributed by atoms with Crippen LogP contribution in [0.25, 0.3) is 0 Å². The number of rotatable bonds is 3. The standard InChI is InChI=1S/C7H16NO2/c1-7(2,3)8-4-6(10)5-9/h6,8,10H,4-5H2,1-3H3. The van der Waals surface area contributed by atoms with E-state index in [-0.39, 0.29) is 5.54 Å². The lowest BCUT2D eigenvalue weighted by atomic mass is 10.1. The van der Waals surface area contributed by atoms with E-state index < -0.39 is 12.7 Å². The zero-order valence-electron chi connectivity index (χ0n) is 6.85. The summed E-state index contributed by atoms with van der Waals surface area (Å²) in [5, 5.41) is 21.9. The van der Waals surface area contributed by atoms with Crippen molar-refractivity contribution in [3.05, 3.63) is 0 Å². The number of nitrogens with one attached hydrogen (secondary N) is 1. The molecule has 1 atom stereocenters. The van der Waals surface area contributed by atoms with Crippen LogP contribution in [-0.2, 0) is 5.11 Å². The van der Waals surface area contributed by atoms with Crippen LogP contribution in [0.1, 0.15) is 20.8 Å². The van der Waals surface area contributed by atoms with Crippen molar-refractivity contribution in [2.75, 3.05) is 13.2 Å². The fourth-order valence-corrected chi connectivity index (χ4v) is 0.483. The molecule has 0 aromatic carbocycles. The van der Waals surface area contributed by atoms with E-state index in [1.807, 2.05) is 20.8 Å². The Morgan fingerprint density at radius 3 is 2.30 bits per heavy atom. The highest BCUT2D eigenvalue weighted by atomic mass is 16.3. The maximum atomic E-state index is 10.1. The van der Waals surface area contributed by atoms with Gasteiger partial charge in [0.15, 0.2) is 0 Å². The third kappa shape index (κ3) is 6.01. The molecule has 0 amide bonds. The molecule has 0 aliphatic rings. The van der Waals surface area contributed by atoms with E-state index in [1.54, 1.807) is 0 Å². The molecule has 61 valence electrons. The molecule has 0 aromatic heterocycles. The Balaban J connectivity index is 3.36. The Morgan fingerprint density at radius 1 is 1.50 bits per heavy atom. The Labute approximate surface area is 62.1 Å². The van der Waals surface area contributed by atoms with Gasteiger partial charge >= 0.3 is 0 Å². The molecule has 0 aromatic rings. The topological polar surface area (TPSA) is 52.2 Å². The van der Waals surface area contributed by atoms with Crippen molar-refractivity contribution in [2.45, 2.75) is 32.4 Å². The van der Waals surface area contributed by atoms with Crippen LogP contribution < -0.4 is 5.32 Å². The SMILES string of the molecule is CC(C)(C)NCC(O)C[O]. The number of β-amino-alcohol motifs (C(OH)–C–C–N with tert-alkyl or cyclic N) is 1. The highest BCUT2D eigenvalue weighted by molar-refractivity contribution is 4.72. The summed E-state index contributed by atoms with van der Waals surface area (Å²) < 4.78 is 0. The van der Waals surface area contributed by atoms with E-state index in [9.17, 15) is 5.11 Å². The molecule has 0 bridgehead atoms. The molecule has 1 radical (unpaired) electrons. The van der Waals surface area contributed by atoms with Gasteiger partial charge in [0, 0.05) is 12.1 Å². The first-order chi connectivity index (χ1) is 4.45. The lowest BCUT2D eigenvalue weighted by Crippen LogP contribution is -2.41. The maximum Gasteiger partial charge on any atom is 0.109 e. The minimum Gasteiger partial charge on any atom is -0.389 e. The Bertz CT molecular complexity index is 88.1. The molecule has 1 unspecified atom stereocenters. The second-order valence-electron chi connectivity index (χ2n) is 3.45. The Hall–Kier alpha value is -0.120. The summed E-state index contributed by atoms with van der Waals surface area (Å²) in [4.78, 5) is 0. The molecule has 0 heterocycles. The van der Waals surface area contributed by atoms with Gasteiger partial charge in [0.05, 0.1) is 6.10 Å². The van der Waals surface area contributed by atoms with E-state index >= 15 is 0 Å². The molecular formula is C7H16NO2. The van der Waals surface area contributed by atoms with E-state index in [0.29, 0.717) is 6.54 Å². The van der Waals surface area contributed by atoms with Gasteiger partial charge in [-0.05, 0) is 20.8 Å².